The fraction of sp³-hybridized carbons (Fsp3) is 0.524. The van der Waals surface area contributed by atoms with Crippen LogP contribution in [0.2, 0.25) is 0 Å². The number of anilines is 2. The van der Waals surface area contributed by atoms with Gasteiger partial charge in [-0.15, -0.1) is 0 Å². The van der Waals surface area contributed by atoms with Crippen LogP contribution in [-0.4, -0.2) is 27.7 Å². The van der Waals surface area contributed by atoms with Gasteiger partial charge in [0.25, 0.3) is 0 Å². The van der Waals surface area contributed by atoms with Crippen LogP contribution in [0.15, 0.2) is 24.3 Å². The zero-order valence-corrected chi connectivity index (χ0v) is 16.5. The maximum Gasteiger partial charge on any atom is 0.135 e. The van der Waals surface area contributed by atoms with Gasteiger partial charge in [0.15, 0.2) is 0 Å². The molecule has 5 heteroatoms. The highest BCUT2D eigenvalue weighted by molar-refractivity contribution is 5.52. The molecule has 0 saturated heterocycles. The summed E-state index contributed by atoms with van der Waals surface area (Å²) in [4.78, 5) is 11.8. The molecule has 0 unspecified atom stereocenters. The van der Waals surface area contributed by atoms with Crippen molar-refractivity contribution in [1.82, 2.24) is 9.97 Å². The van der Waals surface area contributed by atoms with Crippen LogP contribution in [0.25, 0.3) is 0 Å². The molecular formula is C21H30N4O. The van der Waals surface area contributed by atoms with Gasteiger partial charge in [0.2, 0.25) is 0 Å². The molecule has 0 bridgehead atoms. The minimum absolute atomic E-state index is 0.285. The van der Waals surface area contributed by atoms with Crippen molar-refractivity contribution in [3.05, 3.63) is 46.8 Å². The third-order valence-electron chi connectivity index (χ3n) is 4.73. The van der Waals surface area contributed by atoms with Crippen LogP contribution in [0.3, 0.4) is 0 Å². The molecule has 0 fully saturated rings. The van der Waals surface area contributed by atoms with Gasteiger partial charge in [-0.1, -0.05) is 32.0 Å². The van der Waals surface area contributed by atoms with E-state index >= 15 is 0 Å². The van der Waals surface area contributed by atoms with Gasteiger partial charge in [0.1, 0.15) is 17.5 Å². The Morgan fingerprint density at radius 1 is 1.04 bits per heavy atom. The normalized spacial score (nSPS) is 15.3. The summed E-state index contributed by atoms with van der Waals surface area (Å²) in [7, 11) is 0. The number of benzene rings is 1. The molecule has 1 aromatic heterocycles. The lowest BCUT2D eigenvalue weighted by molar-refractivity contribution is 0.199. The quantitative estimate of drug-likeness (QED) is 0.849. The number of aromatic nitrogens is 2. The second kappa shape index (κ2) is 7.62. The van der Waals surface area contributed by atoms with Crippen LogP contribution in [0, 0.1) is 0 Å². The molecule has 3 rings (SSSR count). The lowest BCUT2D eigenvalue weighted by Crippen LogP contribution is -2.31. The Bertz CT molecular complexity index is 771. The molecule has 2 aromatic rings. The monoisotopic (exact) mass is 354 g/mol. The second-order valence-electron chi connectivity index (χ2n) is 7.80. The smallest absolute Gasteiger partial charge is 0.135 e. The van der Waals surface area contributed by atoms with Crippen molar-refractivity contribution in [1.29, 1.82) is 0 Å². The van der Waals surface area contributed by atoms with E-state index < -0.39 is 6.10 Å². The minimum Gasteiger partial charge on any atom is -0.389 e. The van der Waals surface area contributed by atoms with Gasteiger partial charge in [-0.05, 0) is 43.9 Å². The van der Waals surface area contributed by atoms with Gasteiger partial charge in [0.05, 0.1) is 6.10 Å². The van der Waals surface area contributed by atoms with E-state index in [0.29, 0.717) is 6.04 Å². The van der Waals surface area contributed by atoms with E-state index in [9.17, 15) is 5.11 Å². The average Bonchev–Trinajstić information content (AvgIpc) is 2.59. The van der Waals surface area contributed by atoms with E-state index in [1.807, 2.05) is 13.0 Å². The summed E-state index contributed by atoms with van der Waals surface area (Å²) >= 11 is 0. The molecule has 0 amide bonds. The Labute approximate surface area is 156 Å². The van der Waals surface area contributed by atoms with Crippen molar-refractivity contribution in [3.8, 4) is 0 Å². The van der Waals surface area contributed by atoms with Crippen molar-refractivity contribution in [3.63, 3.8) is 0 Å². The van der Waals surface area contributed by atoms with Gasteiger partial charge in [-0.3, -0.25) is 0 Å². The van der Waals surface area contributed by atoms with Crippen LogP contribution < -0.4 is 10.2 Å². The van der Waals surface area contributed by atoms with Crippen LogP contribution in [-0.2, 0) is 13.0 Å². The van der Waals surface area contributed by atoms with Crippen LogP contribution >= 0.6 is 0 Å². The Kier molecular flexibility index (Phi) is 5.47. The zero-order chi connectivity index (χ0) is 18.8. The topological polar surface area (TPSA) is 61.3 Å². The fourth-order valence-electron chi connectivity index (χ4n) is 3.27. The lowest BCUT2D eigenvalue weighted by atomic mass is 9.96. The Morgan fingerprint density at radius 3 is 2.46 bits per heavy atom. The summed E-state index contributed by atoms with van der Waals surface area (Å²) in [6.45, 7) is 12.1. The number of nitrogens with zero attached hydrogens (tertiary/aromatic N) is 3. The molecule has 1 aromatic carbocycles. The predicted molar refractivity (Wildman–Crippen MR) is 107 cm³/mol. The Hall–Kier alpha value is -2.14. The molecule has 0 saturated carbocycles. The molecule has 26 heavy (non-hydrogen) atoms. The highest BCUT2D eigenvalue weighted by Gasteiger charge is 2.20. The number of rotatable bonds is 5. The van der Waals surface area contributed by atoms with Crippen molar-refractivity contribution in [2.24, 2.45) is 0 Å². The molecular weight excluding hydrogens is 324 g/mol. The first kappa shape index (κ1) is 18.6. The third kappa shape index (κ3) is 4.15. The molecule has 0 spiro atoms. The van der Waals surface area contributed by atoms with Gasteiger partial charge in [-0.25, -0.2) is 9.97 Å². The summed E-state index contributed by atoms with van der Waals surface area (Å²) in [5.41, 5.74) is 3.63. The third-order valence-corrected chi connectivity index (χ3v) is 4.73. The second-order valence-corrected chi connectivity index (χ2v) is 7.80. The zero-order valence-electron chi connectivity index (χ0n) is 16.5. The highest BCUT2D eigenvalue weighted by Crippen LogP contribution is 2.28. The molecule has 1 aliphatic heterocycles. The number of aliphatic hydroxyl groups is 1. The van der Waals surface area contributed by atoms with Gasteiger partial charge in [0, 0.05) is 31.1 Å². The molecule has 0 aliphatic carbocycles. The number of hydrogen-bond acceptors (Lipinski definition) is 5. The maximum absolute atomic E-state index is 9.81. The van der Waals surface area contributed by atoms with Crippen LogP contribution in [0.5, 0.6) is 0 Å². The number of nitrogens with one attached hydrogen (secondary N) is 1. The maximum atomic E-state index is 9.81. The van der Waals surface area contributed by atoms with Crippen LogP contribution in [0.1, 0.15) is 69.2 Å². The first-order valence-electron chi connectivity index (χ1n) is 9.53. The largest absolute Gasteiger partial charge is 0.389 e. The molecule has 5 nitrogen and oxygen atoms in total. The van der Waals surface area contributed by atoms with Gasteiger partial charge in [-0.2, -0.15) is 0 Å². The minimum atomic E-state index is -0.418. The highest BCUT2D eigenvalue weighted by atomic mass is 16.3. The number of hydrogen-bond donors (Lipinski definition) is 2. The summed E-state index contributed by atoms with van der Waals surface area (Å²) in [6.07, 6.45) is 0.544. The first-order chi connectivity index (χ1) is 12.3. The Morgan fingerprint density at radius 2 is 1.81 bits per heavy atom. The first-order valence-corrected chi connectivity index (χ1v) is 9.53. The van der Waals surface area contributed by atoms with Gasteiger partial charge >= 0.3 is 0 Å². The summed E-state index contributed by atoms with van der Waals surface area (Å²) in [5.74, 6) is 3.04. The SMILES string of the molecule is CC(C)Nc1cc(N2CCc3cc([C@H](C)O)ccc3C2)nc(C(C)C)n1. The summed E-state index contributed by atoms with van der Waals surface area (Å²) in [5, 5.41) is 13.2. The van der Waals surface area contributed by atoms with E-state index in [4.69, 9.17) is 4.98 Å². The molecule has 1 atom stereocenters. The van der Waals surface area contributed by atoms with Crippen molar-refractivity contribution in [2.75, 3.05) is 16.8 Å². The van der Waals surface area contributed by atoms with Crippen molar-refractivity contribution >= 4 is 11.6 Å². The van der Waals surface area contributed by atoms with Gasteiger partial charge < -0.3 is 15.3 Å². The molecule has 0 radical (unpaired) electrons. The van der Waals surface area contributed by atoms with E-state index in [2.05, 4.69) is 61.1 Å². The van der Waals surface area contributed by atoms with E-state index in [1.165, 1.54) is 11.1 Å². The lowest BCUT2D eigenvalue weighted by Gasteiger charge is -2.31. The molecule has 1 aliphatic rings. The number of fused-ring (bicyclic) bond motifs is 1. The Balaban J connectivity index is 1.88. The number of aliphatic hydroxyl groups excluding tert-OH is 1. The van der Waals surface area contributed by atoms with Crippen LogP contribution in [0.4, 0.5) is 11.6 Å². The van der Waals surface area contributed by atoms with Crippen molar-refractivity contribution < 1.29 is 5.11 Å². The average molecular weight is 354 g/mol. The summed E-state index contributed by atoms with van der Waals surface area (Å²) < 4.78 is 0. The van der Waals surface area contributed by atoms with Crippen molar-refractivity contribution in [2.45, 2.75) is 65.6 Å². The molecule has 2 N–H and O–H groups in total. The molecule has 140 valence electrons. The molecule has 2 heterocycles. The fourth-order valence-corrected chi connectivity index (χ4v) is 3.27. The standard InChI is InChI=1S/C21H30N4O/c1-13(2)21-23-19(22-14(3)4)11-20(24-21)25-9-8-17-10-16(15(5)26)6-7-18(17)12-25/h6-7,10-11,13-15,26H,8-9,12H2,1-5H3,(H,22,23,24)/t15-/m0/s1. The van der Waals surface area contributed by atoms with E-state index in [0.717, 1.165) is 42.5 Å². The van der Waals surface area contributed by atoms with E-state index in [1.54, 1.807) is 0 Å². The summed E-state index contributed by atoms with van der Waals surface area (Å²) in [6, 6.07) is 8.70. The predicted octanol–water partition coefficient (Wildman–Crippen LogP) is 4.04. The van der Waals surface area contributed by atoms with E-state index in [-0.39, 0.29) is 5.92 Å².